The van der Waals surface area contributed by atoms with Crippen molar-refractivity contribution in [2.75, 3.05) is 9.80 Å². The van der Waals surface area contributed by atoms with Crippen LogP contribution in [-0.4, -0.2) is 31.5 Å². The predicted molar refractivity (Wildman–Crippen MR) is 200 cm³/mol. The molecule has 2 aromatic heterocycles. The van der Waals surface area contributed by atoms with Gasteiger partial charge in [0.25, 0.3) is 0 Å². The molecule has 8 nitrogen and oxygen atoms in total. The van der Waals surface area contributed by atoms with Crippen molar-refractivity contribution in [1.82, 2.24) is 19.9 Å². The summed E-state index contributed by atoms with van der Waals surface area (Å²) < 4.78 is 0. The molecular formula is C42H42N6O2. The van der Waals surface area contributed by atoms with Crippen LogP contribution in [-0.2, 0) is 0 Å². The Hall–Kier alpha value is -5.50. The lowest BCUT2D eigenvalue weighted by Gasteiger charge is -2.32. The lowest BCUT2D eigenvalue weighted by molar-refractivity contribution is 0.0986. The van der Waals surface area contributed by atoms with E-state index in [1.54, 1.807) is 6.08 Å². The molecule has 0 unspecified atom stereocenters. The number of aromatic nitrogens is 4. The molecule has 0 amide bonds. The molecule has 0 radical (unpaired) electrons. The molecule has 50 heavy (non-hydrogen) atoms. The van der Waals surface area contributed by atoms with Crippen LogP contribution < -0.4 is 9.80 Å². The maximum absolute atomic E-state index is 13.6. The number of carbonyl (C=O) groups is 2. The second-order valence-electron chi connectivity index (χ2n) is 14.2. The molecule has 0 N–H and O–H groups in total. The zero-order valence-corrected chi connectivity index (χ0v) is 29.9. The third-order valence-corrected chi connectivity index (χ3v) is 9.57. The van der Waals surface area contributed by atoms with Gasteiger partial charge in [0.05, 0.1) is 28.0 Å². The number of ketones is 2. The first-order chi connectivity index (χ1) is 24.0. The van der Waals surface area contributed by atoms with Crippen LogP contribution in [0.5, 0.6) is 0 Å². The predicted octanol–water partition coefficient (Wildman–Crippen LogP) is 10.1. The van der Waals surface area contributed by atoms with E-state index in [0.29, 0.717) is 11.6 Å². The number of rotatable bonds is 7. The Kier molecular flexibility index (Phi) is 8.42. The molecule has 0 fully saturated rings. The highest BCUT2D eigenvalue weighted by Gasteiger charge is 2.42. The lowest BCUT2D eigenvalue weighted by Crippen LogP contribution is -2.26. The van der Waals surface area contributed by atoms with E-state index in [-0.39, 0.29) is 40.6 Å². The summed E-state index contributed by atoms with van der Waals surface area (Å²) in [7, 11) is 0. The molecule has 3 aromatic carbocycles. The van der Waals surface area contributed by atoms with E-state index >= 15 is 0 Å². The van der Waals surface area contributed by atoms with Gasteiger partial charge < -0.3 is 0 Å². The summed E-state index contributed by atoms with van der Waals surface area (Å²) in [5.74, 6) is 2.00. The average molecular weight is 663 g/mol. The van der Waals surface area contributed by atoms with Crippen molar-refractivity contribution < 1.29 is 9.59 Å². The summed E-state index contributed by atoms with van der Waals surface area (Å²) in [6, 6.07) is 20.9. The maximum Gasteiger partial charge on any atom is 0.217 e. The van der Waals surface area contributed by atoms with Crippen molar-refractivity contribution in [2.45, 2.75) is 79.1 Å². The number of para-hydroxylation sites is 4. The molecule has 3 heterocycles. The third-order valence-electron chi connectivity index (χ3n) is 9.57. The summed E-state index contributed by atoms with van der Waals surface area (Å²) in [6.07, 6.45) is 6.40. The van der Waals surface area contributed by atoms with Gasteiger partial charge in [0.15, 0.2) is 11.6 Å². The van der Waals surface area contributed by atoms with Gasteiger partial charge in [-0.05, 0) is 70.2 Å². The van der Waals surface area contributed by atoms with Crippen molar-refractivity contribution in [3.05, 3.63) is 130 Å². The van der Waals surface area contributed by atoms with Crippen LogP contribution in [0.3, 0.4) is 0 Å². The zero-order valence-electron chi connectivity index (χ0n) is 29.9. The summed E-state index contributed by atoms with van der Waals surface area (Å²) in [4.78, 5) is 50.7. The normalized spacial score (nSPS) is 14.2. The smallest absolute Gasteiger partial charge is 0.217 e. The van der Waals surface area contributed by atoms with E-state index in [1.165, 1.54) is 12.4 Å². The maximum atomic E-state index is 13.6. The van der Waals surface area contributed by atoms with Gasteiger partial charge in [-0.25, -0.2) is 19.9 Å². The molecule has 0 atom stereocenters. The molecule has 252 valence electrons. The molecule has 0 bridgehead atoms. The summed E-state index contributed by atoms with van der Waals surface area (Å²) in [5, 5.41) is 0. The Morgan fingerprint density at radius 2 is 0.900 bits per heavy atom. The number of allylic oxidation sites excluding steroid dienone is 3. The van der Waals surface area contributed by atoms with Crippen LogP contribution in [0.1, 0.15) is 122 Å². The highest BCUT2D eigenvalue weighted by atomic mass is 16.2. The van der Waals surface area contributed by atoms with Gasteiger partial charge in [-0.1, -0.05) is 104 Å². The van der Waals surface area contributed by atoms with E-state index in [4.69, 9.17) is 9.97 Å². The van der Waals surface area contributed by atoms with Crippen molar-refractivity contribution in [2.24, 2.45) is 0 Å². The molecule has 1 aliphatic heterocycles. The van der Waals surface area contributed by atoms with Crippen molar-refractivity contribution in [3.63, 3.8) is 0 Å². The molecule has 8 heteroatoms. The monoisotopic (exact) mass is 662 g/mol. The van der Waals surface area contributed by atoms with Gasteiger partial charge >= 0.3 is 0 Å². The Morgan fingerprint density at radius 1 is 0.520 bits per heavy atom. The summed E-state index contributed by atoms with van der Waals surface area (Å²) in [6.45, 7) is 17.6. The van der Waals surface area contributed by atoms with Crippen LogP contribution in [0, 0.1) is 0 Å². The highest BCUT2D eigenvalue weighted by Crippen LogP contribution is 2.54. The minimum absolute atomic E-state index is 0.0306. The fourth-order valence-electron chi connectivity index (χ4n) is 7.07. The first kappa shape index (κ1) is 33.0. The number of hydrogen-bond donors (Lipinski definition) is 0. The van der Waals surface area contributed by atoms with E-state index in [1.807, 2.05) is 30.3 Å². The number of anilines is 4. The summed E-state index contributed by atoms with van der Waals surface area (Å²) in [5.41, 5.74) is 8.44. The van der Waals surface area contributed by atoms with Gasteiger partial charge in [-0.3, -0.25) is 19.4 Å². The van der Waals surface area contributed by atoms with Crippen LogP contribution >= 0.6 is 0 Å². The Labute approximate surface area is 293 Å². The molecule has 0 saturated heterocycles. The van der Waals surface area contributed by atoms with Gasteiger partial charge in [0.2, 0.25) is 11.6 Å². The average Bonchev–Trinajstić information content (AvgIpc) is 3.54. The SMILES string of the molecule is CC(C)c1cccc(C(C)C)c1N1C(=CC=C2C(=O)c3nccnc3C2=O)N(c2c(C(C)C)cccc2C(C)C)c2nc3ccccc3nc21. The number of fused-ring (bicyclic) bond motifs is 3. The van der Waals surface area contributed by atoms with Gasteiger partial charge in [-0.15, -0.1) is 0 Å². The van der Waals surface area contributed by atoms with E-state index in [2.05, 4.69) is 112 Å². The molecule has 5 aromatic rings. The first-order valence-electron chi connectivity index (χ1n) is 17.4. The van der Waals surface area contributed by atoms with Crippen molar-refractivity contribution in [1.29, 1.82) is 0 Å². The molecular weight excluding hydrogens is 621 g/mol. The van der Waals surface area contributed by atoms with Crippen LogP contribution in [0.15, 0.2) is 96.6 Å². The van der Waals surface area contributed by atoms with Gasteiger partial charge in [-0.2, -0.15) is 0 Å². The molecule has 0 saturated carbocycles. The largest absolute Gasteiger partial charge is 0.287 e. The second kappa shape index (κ2) is 12.8. The van der Waals surface area contributed by atoms with Crippen LogP contribution in [0.4, 0.5) is 23.0 Å². The van der Waals surface area contributed by atoms with Crippen LogP contribution in [0.25, 0.3) is 11.0 Å². The van der Waals surface area contributed by atoms with E-state index in [0.717, 1.165) is 50.5 Å². The zero-order chi connectivity index (χ0) is 35.4. The first-order valence-corrected chi connectivity index (χ1v) is 17.4. The Bertz CT molecular complexity index is 2050. The van der Waals surface area contributed by atoms with Crippen LogP contribution in [0.2, 0.25) is 0 Å². The number of nitrogens with zero attached hydrogens (tertiary/aromatic N) is 6. The summed E-state index contributed by atoms with van der Waals surface area (Å²) >= 11 is 0. The minimum atomic E-state index is -0.429. The highest BCUT2D eigenvalue weighted by molar-refractivity contribution is 6.38. The standard InChI is InChI=1S/C42H42N6O2/c1-23(2)27-13-11-14-28(24(3)4)37(27)47-34(20-19-31-39(49)35-36(40(31)50)44-22-21-43-35)48(38-29(25(5)6)15-12-16-30(38)26(7)8)42-41(47)45-32-17-9-10-18-33(32)46-42/h9-26H,1-8H3. The van der Waals surface area contributed by atoms with Crippen molar-refractivity contribution in [3.8, 4) is 0 Å². The molecule has 2 aliphatic rings. The third kappa shape index (κ3) is 5.30. The van der Waals surface area contributed by atoms with Gasteiger partial charge in [0, 0.05) is 12.4 Å². The number of carbonyl (C=O) groups excluding carboxylic acids is 2. The van der Waals surface area contributed by atoms with Gasteiger partial charge in [0.1, 0.15) is 17.2 Å². The topological polar surface area (TPSA) is 92.2 Å². The quantitative estimate of drug-likeness (QED) is 0.126. The lowest BCUT2D eigenvalue weighted by atomic mass is 9.91. The van der Waals surface area contributed by atoms with E-state index in [9.17, 15) is 9.59 Å². The molecule has 7 rings (SSSR count). The van der Waals surface area contributed by atoms with E-state index < -0.39 is 11.6 Å². The fourth-order valence-corrected chi connectivity index (χ4v) is 7.07. The minimum Gasteiger partial charge on any atom is -0.287 e. The van der Waals surface area contributed by atoms with Crippen molar-refractivity contribution >= 4 is 45.6 Å². The fraction of sp³-hybridized carbons (Fsp3) is 0.286. The number of hydrogen-bond acceptors (Lipinski definition) is 8. The number of Topliss-reactive ketones (excluding diaryl/α,β-unsaturated/α-hetero) is 2. The molecule has 0 spiro atoms. The Balaban J connectivity index is 1.62. The molecule has 1 aliphatic carbocycles. The number of benzene rings is 3. The second-order valence-corrected chi connectivity index (χ2v) is 14.2. The Morgan fingerprint density at radius 3 is 1.26 bits per heavy atom.